The van der Waals surface area contributed by atoms with Crippen molar-refractivity contribution in [2.45, 2.75) is 0 Å². The van der Waals surface area contributed by atoms with Crippen molar-refractivity contribution in [3.8, 4) is 11.5 Å². The maximum atomic E-state index is 10.9. The van der Waals surface area contributed by atoms with Crippen LogP contribution < -0.4 is 4.74 Å². The van der Waals surface area contributed by atoms with Crippen LogP contribution in [0.5, 0.6) is 11.5 Å². The van der Waals surface area contributed by atoms with Gasteiger partial charge in [0.2, 0.25) is 0 Å². The Morgan fingerprint density at radius 2 is 1.67 bits per heavy atom. The average molecular weight is 317 g/mol. The van der Waals surface area contributed by atoms with E-state index >= 15 is 0 Å². The Labute approximate surface area is 139 Å². The molecule has 1 heterocycles. The first kappa shape index (κ1) is 15.5. The molecule has 0 aliphatic carbocycles. The van der Waals surface area contributed by atoms with Crippen LogP contribution in [0.4, 0.5) is 0 Å². The minimum atomic E-state index is -1.00. The highest BCUT2D eigenvalue weighted by Gasteiger charge is 2.08. The average Bonchev–Trinajstić information content (AvgIpc) is 2.62. The number of ether oxygens (including phenoxy) is 1. The van der Waals surface area contributed by atoms with E-state index in [1.54, 1.807) is 6.07 Å². The van der Waals surface area contributed by atoms with Gasteiger partial charge in [0.15, 0.2) is 0 Å². The Kier molecular flexibility index (Phi) is 4.38. The fraction of sp³-hybridized carbons (Fsp3) is 0. The second-order valence-electron chi connectivity index (χ2n) is 5.16. The summed E-state index contributed by atoms with van der Waals surface area (Å²) in [5, 5.41) is 8.93. The van der Waals surface area contributed by atoms with Gasteiger partial charge < -0.3 is 9.84 Å². The first-order valence-corrected chi connectivity index (χ1v) is 7.35. The molecular formula is C20H15NO3. The van der Waals surface area contributed by atoms with Crippen LogP contribution in [0.25, 0.3) is 5.57 Å². The van der Waals surface area contributed by atoms with Crippen LogP contribution in [-0.4, -0.2) is 16.1 Å². The second kappa shape index (κ2) is 6.79. The van der Waals surface area contributed by atoms with Crippen molar-refractivity contribution in [2.75, 3.05) is 0 Å². The zero-order valence-corrected chi connectivity index (χ0v) is 12.8. The summed E-state index contributed by atoms with van der Waals surface area (Å²) in [6.45, 7) is 4.05. The van der Waals surface area contributed by atoms with Gasteiger partial charge in [0.25, 0.3) is 0 Å². The molecule has 24 heavy (non-hydrogen) atoms. The SMILES string of the molecule is C=C(c1cccc(Oc2ccccc2)c1)c1ccc(C(=O)O)cn1. The fourth-order valence-corrected chi connectivity index (χ4v) is 2.22. The van der Waals surface area contributed by atoms with E-state index in [4.69, 9.17) is 9.84 Å². The molecule has 0 spiro atoms. The summed E-state index contributed by atoms with van der Waals surface area (Å²) < 4.78 is 5.82. The van der Waals surface area contributed by atoms with Gasteiger partial charge in [-0.15, -0.1) is 0 Å². The van der Waals surface area contributed by atoms with Crippen molar-refractivity contribution in [3.05, 3.63) is 96.3 Å². The maximum absolute atomic E-state index is 10.9. The Morgan fingerprint density at radius 1 is 0.917 bits per heavy atom. The molecule has 0 amide bonds. The summed E-state index contributed by atoms with van der Waals surface area (Å²) in [5.41, 5.74) is 2.33. The lowest BCUT2D eigenvalue weighted by molar-refractivity contribution is 0.0696. The summed E-state index contributed by atoms with van der Waals surface area (Å²) >= 11 is 0. The summed E-state index contributed by atoms with van der Waals surface area (Å²) in [7, 11) is 0. The van der Waals surface area contributed by atoms with Crippen molar-refractivity contribution in [1.82, 2.24) is 4.98 Å². The van der Waals surface area contributed by atoms with E-state index in [9.17, 15) is 4.79 Å². The van der Waals surface area contributed by atoms with Gasteiger partial charge in [-0.2, -0.15) is 0 Å². The molecule has 0 fully saturated rings. The van der Waals surface area contributed by atoms with E-state index in [1.807, 2.05) is 54.6 Å². The normalized spacial score (nSPS) is 10.2. The molecule has 0 unspecified atom stereocenters. The van der Waals surface area contributed by atoms with E-state index in [0.717, 1.165) is 11.3 Å². The van der Waals surface area contributed by atoms with Gasteiger partial charge in [0.1, 0.15) is 11.5 Å². The zero-order chi connectivity index (χ0) is 16.9. The zero-order valence-electron chi connectivity index (χ0n) is 12.8. The van der Waals surface area contributed by atoms with Gasteiger partial charge in [-0.05, 0) is 42.0 Å². The Hall–Kier alpha value is -3.40. The number of para-hydroxylation sites is 1. The minimum Gasteiger partial charge on any atom is -0.478 e. The molecule has 0 bridgehead atoms. The number of carbonyl (C=O) groups is 1. The van der Waals surface area contributed by atoms with Crippen molar-refractivity contribution in [1.29, 1.82) is 0 Å². The topological polar surface area (TPSA) is 59.4 Å². The quantitative estimate of drug-likeness (QED) is 0.745. The van der Waals surface area contributed by atoms with E-state index in [2.05, 4.69) is 11.6 Å². The monoisotopic (exact) mass is 317 g/mol. The first-order valence-electron chi connectivity index (χ1n) is 7.35. The number of nitrogens with zero attached hydrogens (tertiary/aromatic N) is 1. The molecule has 4 nitrogen and oxygen atoms in total. The summed E-state index contributed by atoms with van der Waals surface area (Å²) in [4.78, 5) is 15.1. The highest BCUT2D eigenvalue weighted by atomic mass is 16.5. The molecule has 118 valence electrons. The van der Waals surface area contributed by atoms with Gasteiger partial charge in [0, 0.05) is 11.8 Å². The number of hydrogen-bond donors (Lipinski definition) is 1. The predicted octanol–water partition coefficient (Wildman–Crippen LogP) is 4.63. The molecule has 3 aromatic rings. The molecule has 4 heteroatoms. The van der Waals surface area contributed by atoms with Crippen LogP contribution in [0.1, 0.15) is 21.6 Å². The molecule has 0 radical (unpaired) electrons. The molecule has 2 aromatic carbocycles. The number of carboxylic acids is 1. The Bertz CT molecular complexity index is 871. The molecule has 0 aliphatic heterocycles. The molecule has 3 rings (SSSR count). The number of carboxylic acid groups (broad SMARTS) is 1. The molecule has 0 saturated carbocycles. The van der Waals surface area contributed by atoms with E-state index in [1.165, 1.54) is 12.3 Å². The lowest BCUT2D eigenvalue weighted by Gasteiger charge is -2.09. The van der Waals surface area contributed by atoms with Gasteiger partial charge in [-0.1, -0.05) is 36.9 Å². The lowest BCUT2D eigenvalue weighted by atomic mass is 10.0. The third kappa shape index (κ3) is 3.50. The number of aromatic carboxylic acids is 1. The van der Waals surface area contributed by atoms with Crippen LogP contribution in [0.15, 0.2) is 79.5 Å². The third-order valence-electron chi connectivity index (χ3n) is 3.48. The largest absolute Gasteiger partial charge is 0.478 e. The summed E-state index contributed by atoms with van der Waals surface area (Å²) in [6, 6.07) is 20.2. The lowest BCUT2D eigenvalue weighted by Crippen LogP contribution is -1.98. The minimum absolute atomic E-state index is 0.146. The molecule has 1 N–H and O–H groups in total. The second-order valence-corrected chi connectivity index (χ2v) is 5.16. The Balaban J connectivity index is 1.82. The number of rotatable bonds is 5. The van der Waals surface area contributed by atoms with Crippen LogP contribution in [0.2, 0.25) is 0 Å². The van der Waals surface area contributed by atoms with Crippen molar-refractivity contribution in [3.63, 3.8) is 0 Å². The van der Waals surface area contributed by atoms with Gasteiger partial charge in [-0.3, -0.25) is 4.98 Å². The van der Waals surface area contributed by atoms with Gasteiger partial charge in [0.05, 0.1) is 11.3 Å². The third-order valence-corrected chi connectivity index (χ3v) is 3.48. The smallest absolute Gasteiger partial charge is 0.337 e. The highest BCUT2D eigenvalue weighted by molar-refractivity contribution is 5.87. The molecule has 0 saturated heterocycles. The van der Waals surface area contributed by atoms with Crippen LogP contribution >= 0.6 is 0 Å². The molecule has 0 aliphatic rings. The summed E-state index contributed by atoms with van der Waals surface area (Å²) in [6.07, 6.45) is 1.33. The number of hydrogen-bond acceptors (Lipinski definition) is 3. The van der Waals surface area contributed by atoms with E-state index in [-0.39, 0.29) is 5.56 Å². The highest BCUT2D eigenvalue weighted by Crippen LogP contribution is 2.26. The van der Waals surface area contributed by atoms with Crippen molar-refractivity contribution in [2.24, 2.45) is 0 Å². The first-order chi connectivity index (χ1) is 11.6. The Morgan fingerprint density at radius 3 is 2.33 bits per heavy atom. The summed E-state index contributed by atoms with van der Waals surface area (Å²) in [5.74, 6) is 0.448. The van der Waals surface area contributed by atoms with E-state index in [0.29, 0.717) is 17.0 Å². The van der Waals surface area contributed by atoms with Crippen molar-refractivity contribution >= 4 is 11.5 Å². The maximum Gasteiger partial charge on any atom is 0.337 e. The van der Waals surface area contributed by atoms with Crippen LogP contribution in [-0.2, 0) is 0 Å². The number of benzene rings is 2. The number of pyridine rings is 1. The van der Waals surface area contributed by atoms with Crippen LogP contribution in [0.3, 0.4) is 0 Å². The van der Waals surface area contributed by atoms with Crippen molar-refractivity contribution < 1.29 is 14.6 Å². The molecular weight excluding hydrogens is 302 g/mol. The van der Waals surface area contributed by atoms with E-state index < -0.39 is 5.97 Å². The predicted molar refractivity (Wildman–Crippen MR) is 92.3 cm³/mol. The molecule has 0 atom stereocenters. The van der Waals surface area contributed by atoms with Gasteiger partial charge >= 0.3 is 5.97 Å². The van der Waals surface area contributed by atoms with Crippen LogP contribution in [0, 0.1) is 0 Å². The molecule has 1 aromatic heterocycles. The standard InChI is InChI=1S/C20H15NO3/c1-14(19-11-10-16(13-21-19)20(22)23)15-6-5-9-18(12-15)24-17-7-3-2-4-8-17/h2-13H,1H2,(H,22,23). The fourth-order valence-electron chi connectivity index (χ4n) is 2.22. The number of aromatic nitrogens is 1. The van der Waals surface area contributed by atoms with Gasteiger partial charge in [-0.25, -0.2) is 4.79 Å².